The molecule has 4 rings (SSSR count). The van der Waals surface area contributed by atoms with Crippen molar-refractivity contribution in [2.75, 3.05) is 13.1 Å². The van der Waals surface area contributed by atoms with E-state index in [2.05, 4.69) is 56.9 Å². The van der Waals surface area contributed by atoms with Crippen molar-refractivity contribution in [2.24, 2.45) is 5.41 Å². The summed E-state index contributed by atoms with van der Waals surface area (Å²) < 4.78 is 6.16. The Morgan fingerprint density at radius 3 is 2.62 bits per heavy atom. The van der Waals surface area contributed by atoms with Gasteiger partial charge < -0.3 is 9.84 Å². The maximum atomic E-state index is 10.6. The third-order valence-corrected chi connectivity index (χ3v) is 7.97. The number of rotatable bonds is 5. The molecule has 1 heterocycles. The Hall–Kier alpha value is -1.55. The maximum absolute atomic E-state index is 10.6. The van der Waals surface area contributed by atoms with Gasteiger partial charge in [0.1, 0.15) is 5.75 Å². The fraction of sp³-hybridized carbons (Fsp3) is 0.520. The molecule has 4 heteroatoms. The molecule has 0 saturated carbocycles. The van der Waals surface area contributed by atoms with E-state index in [1.165, 1.54) is 5.56 Å². The van der Waals surface area contributed by atoms with Gasteiger partial charge in [-0.05, 0) is 55.0 Å². The lowest BCUT2D eigenvalue weighted by atomic mass is 9.51. The van der Waals surface area contributed by atoms with Gasteiger partial charge >= 0.3 is 0 Å². The highest BCUT2D eigenvalue weighted by molar-refractivity contribution is 6.31. The molecule has 2 aromatic carbocycles. The first-order valence-corrected chi connectivity index (χ1v) is 11.0. The number of benzene rings is 2. The molecule has 156 valence electrons. The number of phenolic OH excluding ortho intramolecular Hbond substituents is 1. The highest BCUT2D eigenvalue weighted by Crippen LogP contribution is 2.58. The smallest absolute Gasteiger partial charge is 0.119 e. The van der Waals surface area contributed by atoms with Crippen LogP contribution in [-0.4, -0.2) is 35.2 Å². The van der Waals surface area contributed by atoms with Gasteiger partial charge in [-0.3, -0.25) is 4.90 Å². The van der Waals surface area contributed by atoms with Crippen molar-refractivity contribution in [1.29, 1.82) is 0 Å². The second-order valence-corrected chi connectivity index (χ2v) is 9.95. The number of hydrogen-bond donors (Lipinski definition) is 1. The fourth-order valence-electron chi connectivity index (χ4n) is 5.52. The van der Waals surface area contributed by atoms with Crippen molar-refractivity contribution in [3.8, 4) is 5.75 Å². The molecule has 1 saturated heterocycles. The number of fused-ring (bicyclic) bond motifs is 4. The lowest BCUT2D eigenvalue weighted by Gasteiger charge is -2.61. The number of aromatic hydroxyl groups is 1. The summed E-state index contributed by atoms with van der Waals surface area (Å²) in [5.74, 6) is 0.381. The molecule has 2 bridgehead atoms. The van der Waals surface area contributed by atoms with Crippen LogP contribution in [0.25, 0.3) is 0 Å². The summed E-state index contributed by atoms with van der Waals surface area (Å²) >= 11 is 6.65. The second-order valence-electron chi connectivity index (χ2n) is 9.55. The van der Waals surface area contributed by atoms with Crippen LogP contribution in [0, 0.1) is 5.41 Å². The normalized spacial score (nSPS) is 26.7. The van der Waals surface area contributed by atoms with Gasteiger partial charge in [0.25, 0.3) is 0 Å². The van der Waals surface area contributed by atoms with E-state index < -0.39 is 0 Å². The Labute approximate surface area is 179 Å². The monoisotopic (exact) mass is 413 g/mol. The van der Waals surface area contributed by atoms with Gasteiger partial charge in [0, 0.05) is 28.6 Å². The molecule has 2 aromatic rings. The summed E-state index contributed by atoms with van der Waals surface area (Å²) in [7, 11) is 0. The zero-order valence-corrected chi connectivity index (χ0v) is 18.7. The van der Waals surface area contributed by atoms with E-state index in [0.29, 0.717) is 18.4 Å². The molecule has 0 amide bonds. The Morgan fingerprint density at radius 1 is 1.17 bits per heavy atom. The van der Waals surface area contributed by atoms with Crippen LogP contribution in [0.1, 0.15) is 50.8 Å². The number of halogens is 1. The molecule has 2 aliphatic rings. The van der Waals surface area contributed by atoms with E-state index >= 15 is 0 Å². The summed E-state index contributed by atoms with van der Waals surface area (Å²) in [6.45, 7) is 11.8. The Balaban J connectivity index is 1.54. The van der Waals surface area contributed by atoms with Crippen LogP contribution in [-0.2, 0) is 23.2 Å². The number of ether oxygens (including phenoxy) is 1. The van der Waals surface area contributed by atoms with E-state index in [0.717, 1.165) is 42.1 Å². The summed E-state index contributed by atoms with van der Waals surface area (Å²) in [6, 6.07) is 14.3. The van der Waals surface area contributed by atoms with E-state index in [4.69, 9.17) is 16.3 Å². The molecule has 1 aliphatic carbocycles. The first-order chi connectivity index (χ1) is 13.7. The SMILES string of the molecule is C[C@@H](CN1CC[C@@]2(C)c3c(Cl)ccc(O)c3C[C@@H]1C2(C)C)OCc1ccccc1. The van der Waals surface area contributed by atoms with Crippen LogP contribution in [0.3, 0.4) is 0 Å². The number of nitrogens with zero attached hydrogens (tertiary/aromatic N) is 1. The van der Waals surface area contributed by atoms with Gasteiger partial charge in [-0.15, -0.1) is 0 Å². The number of likely N-dealkylation sites (tertiary alicyclic amines) is 1. The van der Waals surface area contributed by atoms with Crippen molar-refractivity contribution in [3.05, 3.63) is 64.2 Å². The average molecular weight is 414 g/mol. The Morgan fingerprint density at radius 2 is 1.90 bits per heavy atom. The summed E-state index contributed by atoms with van der Waals surface area (Å²) in [5.41, 5.74) is 3.40. The molecular formula is C25H32ClNO2. The first-order valence-electron chi connectivity index (χ1n) is 10.6. The van der Waals surface area contributed by atoms with Crippen molar-refractivity contribution in [2.45, 2.75) is 64.7 Å². The number of piperidine rings is 1. The highest BCUT2D eigenvalue weighted by atomic mass is 35.5. The summed E-state index contributed by atoms with van der Waals surface area (Å²) in [4.78, 5) is 2.57. The minimum absolute atomic E-state index is 0.0499. The molecule has 1 fully saturated rings. The van der Waals surface area contributed by atoms with Gasteiger partial charge in [-0.2, -0.15) is 0 Å². The van der Waals surface area contributed by atoms with Crippen LogP contribution in [0.5, 0.6) is 5.75 Å². The number of phenols is 1. The molecule has 0 spiro atoms. The Bertz CT molecular complexity index is 882. The zero-order chi connectivity index (χ0) is 20.8. The fourth-order valence-corrected chi connectivity index (χ4v) is 5.91. The maximum Gasteiger partial charge on any atom is 0.119 e. The van der Waals surface area contributed by atoms with Crippen molar-refractivity contribution in [1.82, 2.24) is 4.90 Å². The average Bonchev–Trinajstić information content (AvgIpc) is 2.68. The van der Waals surface area contributed by atoms with E-state index in [1.807, 2.05) is 12.1 Å². The van der Waals surface area contributed by atoms with Crippen LogP contribution in [0.2, 0.25) is 5.02 Å². The lowest BCUT2D eigenvalue weighted by Crippen LogP contribution is -2.64. The van der Waals surface area contributed by atoms with Crippen LogP contribution >= 0.6 is 11.6 Å². The van der Waals surface area contributed by atoms with Gasteiger partial charge in [-0.25, -0.2) is 0 Å². The Kier molecular flexibility index (Phi) is 5.43. The lowest BCUT2D eigenvalue weighted by molar-refractivity contribution is -0.0651. The summed E-state index contributed by atoms with van der Waals surface area (Å²) in [6.07, 6.45) is 2.00. The second kappa shape index (κ2) is 7.61. The topological polar surface area (TPSA) is 32.7 Å². The third-order valence-electron chi connectivity index (χ3n) is 7.65. The van der Waals surface area contributed by atoms with Gasteiger partial charge in [0.2, 0.25) is 0 Å². The number of hydrogen-bond acceptors (Lipinski definition) is 3. The molecule has 3 nitrogen and oxygen atoms in total. The highest BCUT2D eigenvalue weighted by Gasteiger charge is 2.57. The van der Waals surface area contributed by atoms with Crippen LogP contribution in [0.4, 0.5) is 0 Å². The molecule has 29 heavy (non-hydrogen) atoms. The molecule has 1 aliphatic heterocycles. The first kappa shape index (κ1) is 20.7. The summed E-state index contributed by atoms with van der Waals surface area (Å²) in [5, 5.41) is 11.4. The molecule has 1 N–H and O–H groups in total. The largest absolute Gasteiger partial charge is 0.508 e. The quantitative estimate of drug-likeness (QED) is 0.695. The van der Waals surface area contributed by atoms with Gasteiger partial charge in [0.15, 0.2) is 0 Å². The molecule has 3 atom stereocenters. The standard InChI is InChI=1S/C25H32ClNO2/c1-17(29-16-18-8-6-5-7-9-18)15-27-13-12-25(4)23-19(14-22(27)24(25,2)3)21(28)11-10-20(23)26/h5-11,17,22,28H,12-16H2,1-4H3/t17-,22+,25-/m0/s1. The predicted octanol–water partition coefficient (Wildman–Crippen LogP) is 5.57. The van der Waals surface area contributed by atoms with Crippen LogP contribution < -0.4 is 0 Å². The molecule has 0 aromatic heterocycles. The zero-order valence-electron chi connectivity index (χ0n) is 17.9. The van der Waals surface area contributed by atoms with Crippen molar-refractivity contribution in [3.63, 3.8) is 0 Å². The van der Waals surface area contributed by atoms with Crippen molar-refractivity contribution >= 4 is 11.6 Å². The van der Waals surface area contributed by atoms with E-state index in [-0.39, 0.29) is 16.9 Å². The van der Waals surface area contributed by atoms with E-state index in [1.54, 1.807) is 6.07 Å². The molecular weight excluding hydrogens is 382 g/mol. The van der Waals surface area contributed by atoms with Gasteiger partial charge in [-0.1, -0.05) is 62.7 Å². The van der Waals surface area contributed by atoms with Gasteiger partial charge in [0.05, 0.1) is 12.7 Å². The molecule has 0 unspecified atom stereocenters. The van der Waals surface area contributed by atoms with E-state index in [9.17, 15) is 5.11 Å². The minimum atomic E-state index is -0.0499. The van der Waals surface area contributed by atoms with Crippen molar-refractivity contribution < 1.29 is 9.84 Å². The minimum Gasteiger partial charge on any atom is -0.508 e. The van der Waals surface area contributed by atoms with Crippen LogP contribution in [0.15, 0.2) is 42.5 Å². The predicted molar refractivity (Wildman–Crippen MR) is 119 cm³/mol. The third kappa shape index (κ3) is 3.48. The molecule has 0 radical (unpaired) electrons.